The van der Waals surface area contributed by atoms with Crippen LogP contribution in [0.2, 0.25) is 0 Å². The molecule has 0 aliphatic carbocycles. The molecule has 0 fully saturated rings. The number of imidazole rings is 1. The van der Waals surface area contributed by atoms with E-state index in [-0.39, 0.29) is 11.5 Å². The number of aromatic carboxylic acids is 1. The minimum Gasteiger partial charge on any atom is -0.477 e. The molecule has 5 nitrogen and oxygen atoms in total. The van der Waals surface area contributed by atoms with Crippen molar-refractivity contribution in [2.75, 3.05) is 0 Å². The second-order valence-corrected chi connectivity index (χ2v) is 3.01. The molecule has 66 valence electrons. The first-order valence-corrected chi connectivity index (χ1v) is 3.42. The third-order valence-corrected chi connectivity index (χ3v) is 1.39. The summed E-state index contributed by atoms with van der Waals surface area (Å²) < 4.78 is 0. The zero-order valence-corrected chi connectivity index (χ0v) is 6.83. The largest absolute Gasteiger partial charge is 0.477 e. The van der Waals surface area contributed by atoms with Crippen molar-refractivity contribution in [1.29, 1.82) is 0 Å². The SMILES string of the molecule is CC(C)(O)c1ncc(C(=O)O)[nH]1. The van der Waals surface area contributed by atoms with Gasteiger partial charge in [-0.1, -0.05) is 0 Å². The van der Waals surface area contributed by atoms with Gasteiger partial charge >= 0.3 is 5.97 Å². The summed E-state index contributed by atoms with van der Waals surface area (Å²) in [6, 6.07) is 0. The second kappa shape index (κ2) is 2.60. The molecule has 0 spiro atoms. The zero-order chi connectivity index (χ0) is 9.35. The van der Waals surface area contributed by atoms with Crippen molar-refractivity contribution in [3.63, 3.8) is 0 Å². The summed E-state index contributed by atoms with van der Waals surface area (Å²) in [4.78, 5) is 16.6. The molecule has 0 atom stereocenters. The van der Waals surface area contributed by atoms with Gasteiger partial charge in [-0.2, -0.15) is 0 Å². The molecular weight excluding hydrogens is 160 g/mol. The molecule has 0 saturated heterocycles. The number of rotatable bonds is 2. The van der Waals surface area contributed by atoms with Crippen LogP contribution in [0.5, 0.6) is 0 Å². The number of aromatic amines is 1. The molecule has 0 aromatic carbocycles. The molecule has 0 aliphatic heterocycles. The Labute approximate surface area is 69.1 Å². The Morgan fingerprint density at radius 1 is 1.67 bits per heavy atom. The summed E-state index contributed by atoms with van der Waals surface area (Å²) in [6.07, 6.45) is 1.18. The highest BCUT2D eigenvalue weighted by molar-refractivity contribution is 5.85. The number of hydrogen-bond donors (Lipinski definition) is 3. The Hall–Kier alpha value is -1.36. The maximum Gasteiger partial charge on any atom is 0.353 e. The number of hydrogen-bond acceptors (Lipinski definition) is 3. The molecular formula is C7H10N2O3. The molecule has 0 aliphatic rings. The normalized spacial score (nSPS) is 11.6. The zero-order valence-electron chi connectivity index (χ0n) is 6.83. The Balaban J connectivity index is 3.00. The Kier molecular flexibility index (Phi) is 1.89. The fraction of sp³-hybridized carbons (Fsp3) is 0.429. The number of carboxylic acid groups (broad SMARTS) is 1. The average Bonchev–Trinajstić information content (AvgIpc) is 2.30. The van der Waals surface area contributed by atoms with Gasteiger partial charge in [0.15, 0.2) is 0 Å². The van der Waals surface area contributed by atoms with Gasteiger partial charge in [0.05, 0.1) is 6.20 Å². The smallest absolute Gasteiger partial charge is 0.353 e. The molecule has 0 unspecified atom stereocenters. The van der Waals surface area contributed by atoms with Gasteiger partial charge in [-0.05, 0) is 13.8 Å². The molecule has 3 N–H and O–H groups in total. The molecule has 12 heavy (non-hydrogen) atoms. The van der Waals surface area contributed by atoms with E-state index in [2.05, 4.69) is 9.97 Å². The van der Waals surface area contributed by atoms with Crippen LogP contribution in [0.25, 0.3) is 0 Å². The lowest BCUT2D eigenvalue weighted by Crippen LogP contribution is -2.17. The molecule has 1 aromatic rings. The van der Waals surface area contributed by atoms with E-state index in [0.29, 0.717) is 0 Å². The van der Waals surface area contributed by atoms with E-state index >= 15 is 0 Å². The lowest BCUT2D eigenvalue weighted by atomic mass is 10.1. The summed E-state index contributed by atoms with van der Waals surface area (Å²) in [6.45, 7) is 3.05. The third-order valence-electron chi connectivity index (χ3n) is 1.39. The summed E-state index contributed by atoms with van der Waals surface area (Å²) in [7, 11) is 0. The highest BCUT2D eigenvalue weighted by atomic mass is 16.4. The van der Waals surface area contributed by atoms with Crippen LogP contribution in [-0.4, -0.2) is 26.2 Å². The maximum atomic E-state index is 10.4. The van der Waals surface area contributed by atoms with Gasteiger partial charge in [0.1, 0.15) is 17.1 Å². The van der Waals surface area contributed by atoms with Crippen LogP contribution in [0.3, 0.4) is 0 Å². The van der Waals surface area contributed by atoms with Crippen LogP contribution in [0, 0.1) is 0 Å². The molecule has 0 bridgehead atoms. The maximum absolute atomic E-state index is 10.4. The monoisotopic (exact) mass is 170 g/mol. The highest BCUT2D eigenvalue weighted by Gasteiger charge is 2.20. The lowest BCUT2D eigenvalue weighted by Gasteiger charge is -2.12. The van der Waals surface area contributed by atoms with Crippen LogP contribution < -0.4 is 0 Å². The van der Waals surface area contributed by atoms with Crippen LogP contribution >= 0.6 is 0 Å². The summed E-state index contributed by atoms with van der Waals surface area (Å²) >= 11 is 0. The fourth-order valence-electron chi connectivity index (χ4n) is 0.741. The summed E-state index contributed by atoms with van der Waals surface area (Å²) in [5.74, 6) is -0.835. The predicted molar refractivity (Wildman–Crippen MR) is 40.8 cm³/mol. The number of carbonyl (C=O) groups is 1. The van der Waals surface area contributed by atoms with Crippen molar-refractivity contribution >= 4 is 5.97 Å². The lowest BCUT2D eigenvalue weighted by molar-refractivity contribution is 0.0669. The van der Waals surface area contributed by atoms with Gasteiger partial charge in [-0.15, -0.1) is 0 Å². The minimum absolute atomic E-state index is 0.0212. The topological polar surface area (TPSA) is 86.2 Å². The molecule has 0 radical (unpaired) electrons. The van der Waals surface area contributed by atoms with Crippen molar-refractivity contribution in [2.24, 2.45) is 0 Å². The van der Waals surface area contributed by atoms with Crippen LogP contribution in [-0.2, 0) is 5.60 Å². The van der Waals surface area contributed by atoms with E-state index in [9.17, 15) is 9.90 Å². The molecule has 1 heterocycles. The van der Waals surface area contributed by atoms with Gasteiger partial charge in [0.25, 0.3) is 0 Å². The van der Waals surface area contributed by atoms with E-state index in [1.54, 1.807) is 0 Å². The first-order chi connectivity index (χ1) is 5.41. The molecule has 1 aromatic heterocycles. The van der Waals surface area contributed by atoms with E-state index in [4.69, 9.17) is 5.11 Å². The molecule has 1 rings (SSSR count). The Bertz CT molecular complexity index is 298. The molecule has 5 heteroatoms. The standard InChI is InChI=1S/C7H10N2O3/c1-7(2,12)6-8-3-4(9-6)5(10)11/h3,12H,1-2H3,(H,8,9)(H,10,11). The van der Waals surface area contributed by atoms with Crippen molar-refractivity contribution in [3.8, 4) is 0 Å². The van der Waals surface area contributed by atoms with Crippen molar-refractivity contribution in [3.05, 3.63) is 17.7 Å². The van der Waals surface area contributed by atoms with Crippen LogP contribution in [0.15, 0.2) is 6.20 Å². The van der Waals surface area contributed by atoms with Crippen LogP contribution in [0.4, 0.5) is 0 Å². The van der Waals surface area contributed by atoms with Crippen molar-refractivity contribution < 1.29 is 15.0 Å². The number of carboxylic acids is 1. The van der Waals surface area contributed by atoms with E-state index in [1.165, 1.54) is 20.0 Å². The third kappa shape index (κ3) is 1.62. The molecule has 0 amide bonds. The Morgan fingerprint density at radius 3 is 2.50 bits per heavy atom. The summed E-state index contributed by atoms with van der Waals surface area (Å²) in [5.41, 5.74) is -1.15. The quantitative estimate of drug-likeness (QED) is 0.597. The Morgan fingerprint density at radius 2 is 2.25 bits per heavy atom. The number of aliphatic hydroxyl groups is 1. The first-order valence-electron chi connectivity index (χ1n) is 3.42. The van der Waals surface area contributed by atoms with Crippen LogP contribution in [0.1, 0.15) is 30.2 Å². The van der Waals surface area contributed by atoms with Crippen molar-refractivity contribution in [2.45, 2.75) is 19.4 Å². The van der Waals surface area contributed by atoms with Gasteiger partial charge in [-0.3, -0.25) is 0 Å². The number of aromatic nitrogens is 2. The van der Waals surface area contributed by atoms with Gasteiger partial charge in [0, 0.05) is 0 Å². The predicted octanol–water partition coefficient (Wildman–Crippen LogP) is 0.335. The fourth-order valence-corrected chi connectivity index (χ4v) is 0.741. The van der Waals surface area contributed by atoms with Gasteiger partial charge < -0.3 is 15.2 Å². The number of nitrogens with one attached hydrogen (secondary N) is 1. The van der Waals surface area contributed by atoms with E-state index in [1.807, 2.05) is 0 Å². The number of nitrogens with zero attached hydrogens (tertiary/aromatic N) is 1. The molecule has 0 saturated carbocycles. The summed E-state index contributed by atoms with van der Waals surface area (Å²) in [5, 5.41) is 17.9. The van der Waals surface area contributed by atoms with E-state index in [0.717, 1.165) is 0 Å². The first kappa shape index (κ1) is 8.73. The average molecular weight is 170 g/mol. The van der Waals surface area contributed by atoms with Gasteiger partial charge in [0.2, 0.25) is 0 Å². The van der Waals surface area contributed by atoms with Gasteiger partial charge in [-0.25, -0.2) is 9.78 Å². The van der Waals surface area contributed by atoms with Crippen molar-refractivity contribution in [1.82, 2.24) is 9.97 Å². The minimum atomic E-state index is -1.13. The van der Waals surface area contributed by atoms with E-state index < -0.39 is 11.6 Å². The second-order valence-electron chi connectivity index (χ2n) is 3.01. The highest BCUT2D eigenvalue weighted by Crippen LogP contribution is 2.15. The number of H-pyrrole nitrogens is 1.